The Balaban J connectivity index is 2.32. The molecule has 1 atom stereocenters. The molecule has 2 N–H and O–H groups in total. The molecule has 1 aliphatic heterocycles. The lowest BCUT2D eigenvalue weighted by Crippen LogP contribution is -2.44. The number of rotatable bonds is 5. The first-order valence-corrected chi connectivity index (χ1v) is 5.40. The number of hydrogen-bond acceptors (Lipinski definition) is 3. The van der Waals surface area contributed by atoms with Crippen molar-refractivity contribution in [2.24, 2.45) is 5.73 Å². The van der Waals surface area contributed by atoms with E-state index in [2.05, 4.69) is 11.8 Å². The van der Waals surface area contributed by atoms with Gasteiger partial charge in [0.1, 0.15) is 0 Å². The summed E-state index contributed by atoms with van der Waals surface area (Å²) in [5.74, 6) is 0. The third kappa shape index (κ3) is 3.63. The van der Waals surface area contributed by atoms with E-state index in [1.807, 2.05) is 0 Å². The summed E-state index contributed by atoms with van der Waals surface area (Å²) in [6, 6.07) is 0.693. The van der Waals surface area contributed by atoms with Crippen LogP contribution in [0, 0.1) is 0 Å². The molecule has 13 heavy (non-hydrogen) atoms. The minimum atomic E-state index is 0.693. The van der Waals surface area contributed by atoms with Gasteiger partial charge < -0.3 is 10.5 Å². The van der Waals surface area contributed by atoms with Crippen LogP contribution in [-0.2, 0) is 4.74 Å². The molecule has 0 aliphatic carbocycles. The van der Waals surface area contributed by atoms with Crippen LogP contribution in [0.2, 0.25) is 0 Å². The molecule has 0 aromatic carbocycles. The molecule has 0 aromatic rings. The van der Waals surface area contributed by atoms with Crippen LogP contribution in [0.5, 0.6) is 0 Å². The highest BCUT2D eigenvalue weighted by atomic mass is 16.5. The minimum Gasteiger partial charge on any atom is -0.379 e. The maximum atomic E-state index is 5.61. The first-order chi connectivity index (χ1) is 6.38. The molecule has 0 aromatic heterocycles. The van der Waals surface area contributed by atoms with Crippen LogP contribution in [0.15, 0.2) is 0 Å². The Labute approximate surface area is 81.2 Å². The first kappa shape index (κ1) is 11.0. The molecule has 1 aliphatic rings. The Morgan fingerprint density at radius 3 is 2.54 bits per heavy atom. The van der Waals surface area contributed by atoms with Gasteiger partial charge in [-0.25, -0.2) is 0 Å². The summed E-state index contributed by atoms with van der Waals surface area (Å²) in [5, 5.41) is 0. The monoisotopic (exact) mass is 186 g/mol. The van der Waals surface area contributed by atoms with E-state index in [4.69, 9.17) is 10.5 Å². The molecule has 1 unspecified atom stereocenters. The van der Waals surface area contributed by atoms with E-state index < -0.39 is 0 Å². The second kappa shape index (κ2) is 6.35. The quantitative estimate of drug-likeness (QED) is 0.691. The Morgan fingerprint density at radius 1 is 1.31 bits per heavy atom. The molecule has 1 heterocycles. The largest absolute Gasteiger partial charge is 0.379 e. The first-order valence-electron chi connectivity index (χ1n) is 5.40. The average molecular weight is 186 g/mol. The molecule has 78 valence electrons. The van der Waals surface area contributed by atoms with E-state index in [1.165, 1.54) is 12.8 Å². The fourth-order valence-corrected chi connectivity index (χ4v) is 1.98. The van der Waals surface area contributed by atoms with E-state index in [0.29, 0.717) is 6.04 Å². The summed E-state index contributed by atoms with van der Waals surface area (Å²) in [6.07, 6.45) is 3.66. The maximum absolute atomic E-state index is 5.61. The zero-order valence-electron chi connectivity index (χ0n) is 8.67. The molecular weight excluding hydrogens is 164 g/mol. The second-order valence-electron chi connectivity index (χ2n) is 3.67. The fourth-order valence-electron chi connectivity index (χ4n) is 1.98. The van der Waals surface area contributed by atoms with Gasteiger partial charge in [0.05, 0.1) is 13.2 Å². The van der Waals surface area contributed by atoms with Crippen LogP contribution in [0.25, 0.3) is 0 Å². The molecule has 0 radical (unpaired) electrons. The van der Waals surface area contributed by atoms with E-state index in [0.717, 1.165) is 39.3 Å². The van der Waals surface area contributed by atoms with Crippen molar-refractivity contribution >= 4 is 0 Å². The van der Waals surface area contributed by atoms with Gasteiger partial charge in [-0.15, -0.1) is 0 Å². The summed E-state index contributed by atoms with van der Waals surface area (Å²) in [4.78, 5) is 2.53. The van der Waals surface area contributed by atoms with Gasteiger partial charge in [-0.3, -0.25) is 4.90 Å². The Kier molecular flexibility index (Phi) is 5.35. The second-order valence-corrected chi connectivity index (χ2v) is 3.67. The smallest absolute Gasteiger partial charge is 0.0594 e. The molecule has 1 saturated heterocycles. The van der Waals surface area contributed by atoms with Crippen molar-refractivity contribution in [2.75, 3.05) is 32.8 Å². The average Bonchev–Trinajstić information content (AvgIpc) is 2.19. The van der Waals surface area contributed by atoms with Crippen LogP contribution in [0.3, 0.4) is 0 Å². The molecule has 0 amide bonds. The standard InChI is InChI=1S/C10H22N2O/c1-2-3-10(4-5-11)12-6-8-13-9-7-12/h10H,2-9,11H2,1H3. The van der Waals surface area contributed by atoms with Crippen LogP contribution < -0.4 is 5.73 Å². The third-order valence-corrected chi connectivity index (χ3v) is 2.68. The Bertz CT molecular complexity index is 118. The predicted octanol–water partition coefficient (Wildman–Crippen LogP) is 0.836. The number of morpholine rings is 1. The van der Waals surface area contributed by atoms with Crippen molar-refractivity contribution in [1.82, 2.24) is 4.90 Å². The van der Waals surface area contributed by atoms with Crippen LogP contribution in [-0.4, -0.2) is 43.8 Å². The fraction of sp³-hybridized carbons (Fsp3) is 1.00. The summed E-state index contributed by atoms with van der Waals surface area (Å²) < 4.78 is 5.33. The van der Waals surface area contributed by atoms with Crippen LogP contribution in [0.4, 0.5) is 0 Å². The molecule has 0 bridgehead atoms. The van der Waals surface area contributed by atoms with Crippen molar-refractivity contribution in [1.29, 1.82) is 0 Å². The maximum Gasteiger partial charge on any atom is 0.0594 e. The zero-order chi connectivity index (χ0) is 9.52. The van der Waals surface area contributed by atoms with Crippen LogP contribution in [0.1, 0.15) is 26.2 Å². The molecule has 1 fully saturated rings. The normalized spacial score (nSPS) is 21.7. The van der Waals surface area contributed by atoms with Gasteiger partial charge in [-0.2, -0.15) is 0 Å². The summed E-state index contributed by atoms with van der Waals surface area (Å²) in [5.41, 5.74) is 5.61. The van der Waals surface area contributed by atoms with Gasteiger partial charge in [0.15, 0.2) is 0 Å². The van der Waals surface area contributed by atoms with Crippen molar-refractivity contribution in [3.05, 3.63) is 0 Å². The van der Waals surface area contributed by atoms with Crippen LogP contribution >= 0.6 is 0 Å². The third-order valence-electron chi connectivity index (χ3n) is 2.68. The van der Waals surface area contributed by atoms with Crippen molar-refractivity contribution < 1.29 is 4.74 Å². The SMILES string of the molecule is CCCC(CCN)N1CCOCC1. The highest BCUT2D eigenvalue weighted by Crippen LogP contribution is 2.12. The summed E-state index contributed by atoms with van der Waals surface area (Å²) >= 11 is 0. The Hall–Kier alpha value is -0.120. The number of nitrogens with two attached hydrogens (primary N) is 1. The van der Waals surface area contributed by atoms with Gasteiger partial charge in [0.25, 0.3) is 0 Å². The highest BCUT2D eigenvalue weighted by molar-refractivity contribution is 4.73. The summed E-state index contributed by atoms with van der Waals surface area (Å²) in [7, 11) is 0. The highest BCUT2D eigenvalue weighted by Gasteiger charge is 2.18. The number of nitrogens with zero attached hydrogens (tertiary/aromatic N) is 1. The molecule has 0 saturated carbocycles. The van der Waals surface area contributed by atoms with E-state index in [-0.39, 0.29) is 0 Å². The number of ether oxygens (including phenoxy) is 1. The van der Waals surface area contributed by atoms with Gasteiger partial charge in [-0.1, -0.05) is 13.3 Å². The van der Waals surface area contributed by atoms with Gasteiger partial charge in [-0.05, 0) is 19.4 Å². The topological polar surface area (TPSA) is 38.5 Å². The van der Waals surface area contributed by atoms with Gasteiger partial charge in [0, 0.05) is 19.1 Å². The summed E-state index contributed by atoms with van der Waals surface area (Å²) in [6.45, 7) is 7.01. The molecule has 0 spiro atoms. The molecular formula is C10H22N2O. The Morgan fingerprint density at radius 2 is 2.00 bits per heavy atom. The zero-order valence-corrected chi connectivity index (χ0v) is 8.67. The lowest BCUT2D eigenvalue weighted by Gasteiger charge is -2.34. The van der Waals surface area contributed by atoms with E-state index >= 15 is 0 Å². The molecule has 3 heteroatoms. The van der Waals surface area contributed by atoms with E-state index in [1.54, 1.807) is 0 Å². The van der Waals surface area contributed by atoms with Gasteiger partial charge >= 0.3 is 0 Å². The van der Waals surface area contributed by atoms with Crippen molar-refractivity contribution in [3.8, 4) is 0 Å². The molecule has 1 rings (SSSR count). The predicted molar refractivity (Wildman–Crippen MR) is 54.8 cm³/mol. The lowest BCUT2D eigenvalue weighted by molar-refractivity contribution is 0.0133. The van der Waals surface area contributed by atoms with E-state index in [9.17, 15) is 0 Å². The lowest BCUT2D eigenvalue weighted by atomic mass is 10.1. The molecule has 3 nitrogen and oxygen atoms in total. The van der Waals surface area contributed by atoms with Crippen molar-refractivity contribution in [3.63, 3.8) is 0 Å². The van der Waals surface area contributed by atoms with Crippen molar-refractivity contribution in [2.45, 2.75) is 32.2 Å². The minimum absolute atomic E-state index is 0.693. The number of hydrogen-bond donors (Lipinski definition) is 1. The van der Waals surface area contributed by atoms with Gasteiger partial charge in [0.2, 0.25) is 0 Å².